The first-order valence-corrected chi connectivity index (χ1v) is 8.62. The maximum Gasteiger partial charge on any atom is 0.237 e. The Kier molecular flexibility index (Phi) is 7.01. The second kappa shape index (κ2) is 9.22. The van der Waals surface area contributed by atoms with Crippen LogP contribution in [0.3, 0.4) is 0 Å². The number of ether oxygens (including phenoxy) is 1. The molecule has 1 aliphatic rings. The van der Waals surface area contributed by atoms with Crippen LogP contribution in [0.4, 0.5) is 0 Å². The smallest absolute Gasteiger partial charge is 0.237 e. The van der Waals surface area contributed by atoms with Gasteiger partial charge in [0.25, 0.3) is 0 Å². The fourth-order valence-corrected chi connectivity index (χ4v) is 2.82. The lowest BCUT2D eigenvalue weighted by Crippen LogP contribution is -2.56. The molecule has 0 radical (unpaired) electrons. The molecule has 0 saturated carbocycles. The molecule has 0 bridgehead atoms. The van der Waals surface area contributed by atoms with E-state index in [1.807, 2.05) is 48.2 Å². The van der Waals surface area contributed by atoms with E-state index in [1.54, 1.807) is 19.1 Å². The maximum atomic E-state index is 12.2. The molecule has 1 heterocycles. The molecule has 1 aromatic rings. The van der Waals surface area contributed by atoms with Gasteiger partial charge in [-0.25, -0.2) is 0 Å². The van der Waals surface area contributed by atoms with Crippen LogP contribution in [0.1, 0.15) is 18.9 Å². The van der Waals surface area contributed by atoms with Crippen molar-refractivity contribution in [2.24, 2.45) is 0 Å². The van der Waals surface area contributed by atoms with Crippen molar-refractivity contribution in [3.8, 4) is 5.75 Å². The van der Waals surface area contributed by atoms with E-state index in [1.165, 1.54) is 0 Å². The van der Waals surface area contributed by atoms with Gasteiger partial charge in [-0.05, 0) is 13.0 Å². The van der Waals surface area contributed by atoms with Gasteiger partial charge in [-0.15, -0.1) is 0 Å². The third-order valence-corrected chi connectivity index (χ3v) is 4.49. The van der Waals surface area contributed by atoms with E-state index in [-0.39, 0.29) is 18.2 Å². The fraction of sp³-hybridized carbons (Fsp3) is 0.474. The first kappa shape index (κ1) is 19.0. The van der Waals surface area contributed by atoms with Gasteiger partial charge in [-0.3, -0.25) is 14.5 Å². The molecule has 1 unspecified atom stereocenters. The molecule has 6 heteroatoms. The Bertz CT molecular complexity index is 630. The highest BCUT2D eigenvalue weighted by atomic mass is 16.5. The zero-order valence-corrected chi connectivity index (χ0v) is 15.2. The Hall–Kier alpha value is -2.34. The molecule has 0 aliphatic carbocycles. The van der Waals surface area contributed by atoms with Crippen molar-refractivity contribution in [2.75, 3.05) is 40.3 Å². The first-order valence-electron chi connectivity index (χ1n) is 8.62. The summed E-state index contributed by atoms with van der Waals surface area (Å²) >= 11 is 0. The highest BCUT2D eigenvalue weighted by molar-refractivity contribution is 5.88. The summed E-state index contributed by atoms with van der Waals surface area (Å²) in [7, 11) is 3.41. The monoisotopic (exact) mass is 345 g/mol. The summed E-state index contributed by atoms with van der Waals surface area (Å²) in [5.41, 5.74) is 0.991. The van der Waals surface area contributed by atoms with Crippen molar-refractivity contribution in [1.29, 1.82) is 0 Å². The van der Waals surface area contributed by atoms with Crippen LogP contribution >= 0.6 is 0 Å². The molecule has 6 nitrogen and oxygen atoms in total. The minimum atomic E-state index is -0.419. The number of para-hydroxylation sites is 1. The second-order valence-corrected chi connectivity index (χ2v) is 6.06. The van der Waals surface area contributed by atoms with Crippen LogP contribution in [0.5, 0.6) is 5.75 Å². The lowest BCUT2D eigenvalue weighted by molar-refractivity contribution is -0.137. The number of piperazine rings is 1. The van der Waals surface area contributed by atoms with E-state index < -0.39 is 6.04 Å². The van der Waals surface area contributed by atoms with Gasteiger partial charge < -0.3 is 15.0 Å². The number of hydrogen-bond acceptors (Lipinski definition) is 4. The summed E-state index contributed by atoms with van der Waals surface area (Å²) in [6.45, 7) is 4.51. The van der Waals surface area contributed by atoms with E-state index in [4.69, 9.17) is 4.74 Å². The summed E-state index contributed by atoms with van der Waals surface area (Å²) in [6.07, 6.45) is 4.21. The summed E-state index contributed by atoms with van der Waals surface area (Å²) in [6, 6.07) is 7.36. The molecule has 0 spiro atoms. The first-order chi connectivity index (χ1) is 12.1. The Morgan fingerprint density at radius 3 is 2.92 bits per heavy atom. The number of carbonyl (C=O) groups excluding carboxylic acids is 2. The van der Waals surface area contributed by atoms with Crippen LogP contribution in [0, 0.1) is 0 Å². The van der Waals surface area contributed by atoms with Crippen LogP contribution in [0.25, 0.3) is 6.08 Å². The topological polar surface area (TPSA) is 61.9 Å². The zero-order chi connectivity index (χ0) is 18.2. The molecule has 1 N–H and O–H groups in total. The second-order valence-electron chi connectivity index (χ2n) is 6.06. The van der Waals surface area contributed by atoms with E-state index >= 15 is 0 Å². The van der Waals surface area contributed by atoms with Crippen LogP contribution in [-0.4, -0.2) is 68.0 Å². The largest absolute Gasteiger partial charge is 0.496 e. The average Bonchev–Trinajstić information content (AvgIpc) is 2.63. The van der Waals surface area contributed by atoms with Crippen molar-refractivity contribution < 1.29 is 14.3 Å². The predicted molar refractivity (Wildman–Crippen MR) is 98.3 cm³/mol. The van der Waals surface area contributed by atoms with Crippen molar-refractivity contribution >= 4 is 17.9 Å². The van der Waals surface area contributed by atoms with E-state index in [0.717, 1.165) is 17.9 Å². The number of nitrogens with one attached hydrogen (secondary N) is 1. The highest BCUT2D eigenvalue weighted by Crippen LogP contribution is 2.19. The van der Waals surface area contributed by atoms with Gasteiger partial charge >= 0.3 is 0 Å². The number of benzene rings is 1. The van der Waals surface area contributed by atoms with Crippen LogP contribution in [0.15, 0.2) is 30.3 Å². The molecule has 2 amide bonds. The summed E-state index contributed by atoms with van der Waals surface area (Å²) in [5.74, 6) is 0.726. The number of methoxy groups -OCH3 is 1. The average molecular weight is 345 g/mol. The quantitative estimate of drug-likeness (QED) is 0.811. The standard InChI is InChI=1S/C19H27N3O3/c1-4-21(2)18(23)14-16-19(24)20-11-13-22(16)12-7-9-15-8-5-6-10-17(15)25-3/h5-10,16H,4,11-14H2,1-3H3,(H,20,24). The number of hydrogen-bond donors (Lipinski definition) is 1. The predicted octanol–water partition coefficient (Wildman–Crippen LogP) is 1.38. The van der Waals surface area contributed by atoms with Gasteiger partial charge in [-0.1, -0.05) is 30.4 Å². The third kappa shape index (κ3) is 5.06. The van der Waals surface area contributed by atoms with Gasteiger partial charge in [0, 0.05) is 38.8 Å². The summed E-state index contributed by atoms with van der Waals surface area (Å²) in [4.78, 5) is 28.1. The SMILES string of the molecule is CCN(C)C(=O)CC1C(=O)NCCN1CC=Cc1ccccc1OC. The van der Waals surface area contributed by atoms with Gasteiger partial charge in [0.2, 0.25) is 11.8 Å². The zero-order valence-electron chi connectivity index (χ0n) is 15.2. The number of nitrogens with zero attached hydrogens (tertiary/aromatic N) is 2. The van der Waals surface area contributed by atoms with E-state index in [0.29, 0.717) is 19.6 Å². The summed E-state index contributed by atoms with van der Waals surface area (Å²) in [5, 5.41) is 2.86. The minimum absolute atomic E-state index is 0.0109. The molecule has 0 aromatic heterocycles. The molecule has 1 saturated heterocycles. The molecular formula is C19H27N3O3. The lowest BCUT2D eigenvalue weighted by atomic mass is 10.1. The van der Waals surface area contributed by atoms with Crippen molar-refractivity contribution in [1.82, 2.24) is 15.1 Å². The Balaban J connectivity index is 2.03. The molecule has 25 heavy (non-hydrogen) atoms. The molecule has 1 aromatic carbocycles. The van der Waals surface area contributed by atoms with Crippen LogP contribution in [-0.2, 0) is 9.59 Å². The van der Waals surface area contributed by atoms with Gasteiger partial charge in [0.05, 0.1) is 19.6 Å². The maximum absolute atomic E-state index is 12.2. The molecule has 1 fully saturated rings. The van der Waals surface area contributed by atoms with Crippen molar-refractivity contribution in [2.45, 2.75) is 19.4 Å². The molecule has 1 aliphatic heterocycles. The van der Waals surface area contributed by atoms with E-state index in [2.05, 4.69) is 5.32 Å². The number of rotatable bonds is 7. The van der Waals surface area contributed by atoms with E-state index in [9.17, 15) is 9.59 Å². The summed E-state index contributed by atoms with van der Waals surface area (Å²) < 4.78 is 5.34. The van der Waals surface area contributed by atoms with Crippen LogP contribution in [0.2, 0.25) is 0 Å². The fourth-order valence-electron chi connectivity index (χ4n) is 2.82. The lowest BCUT2D eigenvalue weighted by Gasteiger charge is -2.34. The highest BCUT2D eigenvalue weighted by Gasteiger charge is 2.31. The Morgan fingerprint density at radius 1 is 1.44 bits per heavy atom. The van der Waals surface area contributed by atoms with Crippen molar-refractivity contribution in [3.05, 3.63) is 35.9 Å². The number of carbonyl (C=O) groups is 2. The third-order valence-electron chi connectivity index (χ3n) is 4.49. The normalized spacial score (nSPS) is 18.2. The Morgan fingerprint density at radius 2 is 2.20 bits per heavy atom. The Labute approximate surface area is 149 Å². The minimum Gasteiger partial charge on any atom is -0.496 e. The molecule has 136 valence electrons. The van der Waals surface area contributed by atoms with Gasteiger partial charge in [-0.2, -0.15) is 0 Å². The van der Waals surface area contributed by atoms with Gasteiger partial charge in [0.1, 0.15) is 5.75 Å². The molecule has 2 rings (SSSR count). The molecule has 1 atom stereocenters. The number of amides is 2. The van der Waals surface area contributed by atoms with Crippen molar-refractivity contribution in [3.63, 3.8) is 0 Å². The van der Waals surface area contributed by atoms with Crippen LogP contribution < -0.4 is 10.1 Å². The molecular weight excluding hydrogens is 318 g/mol. The van der Waals surface area contributed by atoms with Gasteiger partial charge in [0.15, 0.2) is 0 Å².